The average Bonchev–Trinajstić information content (AvgIpc) is 2.27. The van der Waals surface area contributed by atoms with Gasteiger partial charge in [0.05, 0.1) is 0 Å². The molecule has 3 nitrogen and oxygen atoms in total. The second kappa shape index (κ2) is 7.30. The second-order valence-electron chi connectivity index (χ2n) is 3.38. The summed E-state index contributed by atoms with van der Waals surface area (Å²) in [5.41, 5.74) is -4.58. The van der Waals surface area contributed by atoms with Crippen molar-refractivity contribution in [1.82, 2.24) is 0 Å². The van der Waals surface area contributed by atoms with Crippen LogP contribution in [0.15, 0.2) is 0 Å². The quantitative estimate of drug-likeness (QED) is 0.351. The van der Waals surface area contributed by atoms with Gasteiger partial charge in [0, 0.05) is 19.8 Å². The highest BCUT2D eigenvalue weighted by atomic mass is 79.9. The molecule has 1 atom stereocenters. The molecule has 0 aliphatic carbocycles. The third-order valence-corrected chi connectivity index (χ3v) is 5.50. The Balaban J connectivity index is 5.53. The average molecular weight is 375 g/mol. The second-order valence-corrected chi connectivity index (χ2v) is 7.08. The van der Waals surface area contributed by atoms with Crippen LogP contribution in [0.1, 0.15) is 20.8 Å². The summed E-state index contributed by atoms with van der Waals surface area (Å²) < 4.78 is 81.2. The van der Waals surface area contributed by atoms with E-state index < -0.39 is 25.4 Å². The van der Waals surface area contributed by atoms with E-state index in [1.807, 2.05) is 0 Å². The first-order chi connectivity index (χ1) is 8.59. The van der Waals surface area contributed by atoms with Crippen LogP contribution in [-0.2, 0) is 13.3 Å². The molecule has 0 aliphatic rings. The van der Waals surface area contributed by atoms with Gasteiger partial charge in [-0.2, -0.15) is 17.6 Å². The van der Waals surface area contributed by atoms with E-state index in [9.17, 15) is 22.0 Å². The molecule has 0 radical (unpaired) electrons. The molecule has 10 heteroatoms. The largest absolute Gasteiger partial charge is 0.578 e. The molecule has 0 amide bonds. The molecule has 1 unspecified atom stereocenters. The van der Waals surface area contributed by atoms with Crippen LogP contribution >= 0.6 is 15.9 Å². The minimum absolute atomic E-state index is 0.275. The maximum absolute atomic E-state index is 14.0. The highest BCUT2D eigenvalue weighted by molar-refractivity contribution is 9.10. The number of alkyl halides is 6. The topological polar surface area (TPSA) is 27.7 Å². The standard InChI is InChI=1S/C9H16BrF5O3Si/c1-4-16-19(17-5-2,18-6-3)9(14,15)7(11)8(10,12)13/h7H,4-6H2,1-3H3. The Hall–Kier alpha value is 0.227. The van der Waals surface area contributed by atoms with Gasteiger partial charge in [0.2, 0.25) is 6.17 Å². The molecule has 0 aromatic rings. The molecule has 0 aromatic carbocycles. The van der Waals surface area contributed by atoms with E-state index in [4.69, 9.17) is 13.3 Å². The highest BCUT2D eigenvalue weighted by Gasteiger charge is 2.73. The van der Waals surface area contributed by atoms with Crippen molar-refractivity contribution in [2.45, 2.75) is 37.3 Å². The Labute approximate surface area is 117 Å². The van der Waals surface area contributed by atoms with E-state index >= 15 is 0 Å². The molecule has 0 saturated heterocycles. The van der Waals surface area contributed by atoms with Gasteiger partial charge >= 0.3 is 19.2 Å². The van der Waals surface area contributed by atoms with Crippen LogP contribution in [0.2, 0.25) is 0 Å². The van der Waals surface area contributed by atoms with Crippen LogP contribution in [0, 0.1) is 0 Å². The van der Waals surface area contributed by atoms with Crippen LogP contribution in [0.4, 0.5) is 22.0 Å². The SMILES string of the molecule is CCO[Si](OCC)(OCC)C(F)(F)C(F)C(F)(F)Br. The highest BCUT2D eigenvalue weighted by Crippen LogP contribution is 2.44. The van der Waals surface area contributed by atoms with Crippen molar-refractivity contribution in [3.05, 3.63) is 0 Å². The van der Waals surface area contributed by atoms with E-state index in [-0.39, 0.29) is 19.8 Å². The van der Waals surface area contributed by atoms with Gasteiger partial charge in [-0.1, -0.05) is 0 Å². The lowest BCUT2D eigenvalue weighted by Gasteiger charge is -2.36. The molecule has 0 fully saturated rings. The van der Waals surface area contributed by atoms with Crippen molar-refractivity contribution in [2.24, 2.45) is 0 Å². The third kappa shape index (κ3) is 4.35. The Bertz CT molecular complexity index is 260. The first kappa shape index (κ1) is 19.2. The van der Waals surface area contributed by atoms with Crippen LogP contribution in [0.5, 0.6) is 0 Å². The lowest BCUT2D eigenvalue weighted by atomic mass is 10.4. The van der Waals surface area contributed by atoms with Crippen molar-refractivity contribution in [3.63, 3.8) is 0 Å². The first-order valence-corrected chi connectivity index (χ1v) is 8.11. The predicted octanol–water partition coefficient (Wildman–Crippen LogP) is 3.54. The zero-order valence-electron chi connectivity index (χ0n) is 10.7. The van der Waals surface area contributed by atoms with Gasteiger partial charge in [-0.25, -0.2) is 4.39 Å². The zero-order chi connectivity index (χ0) is 15.3. The summed E-state index contributed by atoms with van der Waals surface area (Å²) in [4.78, 5) is -4.42. The van der Waals surface area contributed by atoms with Crippen molar-refractivity contribution < 1.29 is 35.2 Å². The molecule has 0 bridgehead atoms. The number of hydrogen-bond acceptors (Lipinski definition) is 3. The molecule has 0 N–H and O–H groups in total. The Morgan fingerprint density at radius 1 is 0.947 bits per heavy atom. The predicted molar refractivity (Wildman–Crippen MR) is 64.3 cm³/mol. The Morgan fingerprint density at radius 2 is 1.26 bits per heavy atom. The van der Waals surface area contributed by atoms with Crippen molar-refractivity contribution >= 4 is 24.7 Å². The molecule has 116 valence electrons. The molecular weight excluding hydrogens is 359 g/mol. The van der Waals surface area contributed by atoms with Gasteiger partial charge in [0.1, 0.15) is 0 Å². The fraction of sp³-hybridized carbons (Fsp3) is 1.00. The maximum atomic E-state index is 14.0. The molecule has 0 heterocycles. The monoisotopic (exact) mass is 374 g/mol. The summed E-state index contributed by atoms with van der Waals surface area (Å²) in [7, 11) is -4.91. The molecule has 0 saturated carbocycles. The Morgan fingerprint density at radius 3 is 1.47 bits per heavy atom. The van der Waals surface area contributed by atoms with Crippen LogP contribution in [0.3, 0.4) is 0 Å². The van der Waals surface area contributed by atoms with E-state index in [1.165, 1.54) is 20.8 Å². The lowest BCUT2D eigenvalue weighted by Crippen LogP contribution is -2.67. The van der Waals surface area contributed by atoms with Gasteiger partial charge in [-0.15, -0.1) is 0 Å². The minimum atomic E-state index is -4.91. The summed E-state index contributed by atoms with van der Waals surface area (Å²) in [6.45, 7) is 3.24. The van der Waals surface area contributed by atoms with Gasteiger partial charge in [-0.05, 0) is 36.7 Å². The zero-order valence-corrected chi connectivity index (χ0v) is 13.3. The van der Waals surface area contributed by atoms with E-state index in [2.05, 4.69) is 0 Å². The number of halogens is 6. The van der Waals surface area contributed by atoms with Crippen LogP contribution in [0.25, 0.3) is 0 Å². The maximum Gasteiger partial charge on any atom is 0.578 e. The first-order valence-electron chi connectivity index (χ1n) is 5.59. The van der Waals surface area contributed by atoms with Gasteiger partial charge in [-0.3, -0.25) is 0 Å². The van der Waals surface area contributed by atoms with Crippen LogP contribution < -0.4 is 0 Å². The van der Waals surface area contributed by atoms with Crippen molar-refractivity contribution in [2.75, 3.05) is 19.8 Å². The Kier molecular flexibility index (Phi) is 7.38. The molecule has 0 aliphatic heterocycles. The summed E-state index contributed by atoms with van der Waals surface area (Å²) in [5.74, 6) is 0. The molecule has 0 spiro atoms. The van der Waals surface area contributed by atoms with Crippen molar-refractivity contribution in [3.8, 4) is 0 Å². The number of rotatable bonds is 9. The summed E-state index contributed by atoms with van der Waals surface area (Å²) in [5, 5.41) is 0. The molecule has 0 rings (SSSR count). The third-order valence-electron chi connectivity index (χ3n) is 2.02. The fourth-order valence-corrected chi connectivity index (χ4v) is 4.30. The van der Waals surface area contributed by atoms with E-state index in [1.54, 1.807) is 15.9 Å². The summed E-state index contributed by atoms with van der Waals surface area (Å²) in [6, 6.07) is 0. The van der Waals surface area contributed by atoms with Crippen molar-refractivity contribution in [1.29, 1.82) is 0 Å². The molecular formula is C9H16BrF5O3Si. The van der Waals surface area contributed by atoms with E-state index in [0.717, 1.165) is 0 Å². The summed E-state index contributed by atoms with van der Waals surface area (Å²) >= 11 is 1.59. The summed E-state index contributed by atoms with van der Waals surface area (Å²) in [6.07, 6.45) is -3.82. The van der Waals surface area contributed by atoms with Crippen LogP contribution in [-0.4, -0.2) is 45.2 Å². The fourth-order valence-electron chi connectivity index (χ4n) is 1.34. The van der Waals surface area contributed by atoms with E-state index in [0.29, 0.717) is 0 Å². The molecule has 0 aromatic heterocycles. The number of hydrogen-bond donors (Lipinski definition) is 0. The van der Waals surface area contributed by atoms with Gasteiger partial charge < -0.3 is 13.3 Å². The van der Waals surface area contributed by atoms with Gasteiger partial charge in [0.25, 0.3) is 0 Å². The smallest absolute Gasteiger partial charge is 0.370 e. The molecule has 19 heavy (non-hydrogen) atoms. The lowest BCUT2D eigenvalue weighted by molar-refractivity contribution is -0.139. The normalized spacial score (nSPS) is 15.6. The minimum Gasteiger partial charge on any atom is -0.370 e. The van der Waals surface area contributed by atoms with Gasteiger partial charge in [0.15, 0.2) is 0 Å².